The molecule has 0 aliphatic carbocycles. The maximum Gasteiger partial charge on any atom is 0.255 e. The van der Waals surface area contributed by atoms with E-state index in [1.807, 2.05) is 13.0 Å². The second-order valence-electron chi connectivity index (χ2n) is 4.27. The van der Waals surface area contributed by atoms with Crippen molar-refractivity contribution in [2.75, 3.05) is 11.1 Å². The summed E-state index contributed by atoms with van der Waals surface area (Å²) in [4.78, 5) is 12.0. The molecule has 3 N–H and O–H groups in total. The molecular formula is C14H11BrF2N2O. The highest BCUT2D eigenvalue weighted by Gasteiger charge is 2.14. The molecule has 0 atom stereocenters. The standard InChI is InChI=1S/C14H11BrF2N2O/c1-7-4-9(15)2-3-12(7)19-14(20)8-5-10(16)13(18)11(17)6-8/h2-6H,18H2,1H3,(H,19,20). The Kier molecular flexibility index (Phi) is 4.04. The van der Waals surface area contributed by atoms with Crippen LogP contribution in [0, 0.1) is 18.6 Å². The van der Waals surface area contributed by atoms with Crippen LogP contribution in [-0.2, 0) is 0 Å². The van der Waals surface area contributed by atoms with Gasteiger partial charge in [0.2, 0.25) is 0 Å². The van der Waals surface area contributed by atoms with E-state index in [2.05, 4.69) is 21.2 Å². The van der Waals surface area contributed by atoms with Crippen LogP contribution in [0.2, 0.25) is 0 Å². The van der Waals surface area contributed by atoms with E-state index in [1.165, 1.54) is 0 Å². The molecule has 6 heteroatoms. The van der Waals surface area contributed by atoms with Crippen LogP contribution in [0.15, 0.2) is 34.8 Å². The first kappa shape index (κ1) is 14.5. The fraction of sp³-hybridized carbons (Fsp3) is 0.0714. The first-order valence-electron chi connectivity index (χ1n) is 5.70. The van der Waals surface area contributed by atoms with E-state index in [-0.39, 0.29) is 5.56 Å². The van der Waals surface area contributed by atoms with Gasteiger partial charge in [0, 0.05) is 15.7 Å². The molecule has 104 valence electrons. The van der Waals surface area contributed by atoms with Gasteiger partial charge in [0.1, 0.15) is 17.3 Å². The van der Waals surface area contributed by atoms with Gasteiger partial charge in [-0.3, -0.25) is 4.79 Å². The molecule has 3 nitrogen and oxygen atoms in total. The number of rotatable bonds is 2. The Balaban J connectivity index is 2.28. The topological polar surface area (TPSA) is 55.1 Å². The Morgan fingerprint density at radius 1 is 1.20 bits per heavy atom. The molecule has 0 aromatic heterocycles. The normalized spacial score (nSPS) is 10.4. The molecule has 0 aliphatic heterocycles. The Morgan fingerprint density at radius 3 is 2.35 bits per heavy atom. The molecule has 0 unspecified atom stereocenters. The third-order valence-corrected chi connectivity index (χ3v) is 3.27. The van der Waals surface area contributed by atoms with Gasteiger partial charge in [0.25, 0.3) is 5.91 Å². The van der Waals surface area contributed by atoms with Crippen molar-refractivity contribution < 1.29 is 13.6 Å². The molecule has 1 amide bonds. The zero-order valence-corrected chi connectivity index (χ0v) is 12.1. The van der Waals surface area contributed by atoms with Crippen molar-refractivity contribution in [1.29, 1.82) is 0 Å². The van der Waals surface area contributed by atoms with Gasteiger partial charge in [-0.15, -0.1) is 0 Å². The first-order chi connectivity index (χ1) is 9.38. The molecular weight excluding hydrogens is 330 g/mol. The maximum atomic E-state index is 13.3. The molecule has 0 spiro atoms. The van der Waals surface area contributed by atoms with E-state index < -0.39 is 23.2 Å². The molecule has 20 heavy (non-hydrogen) atoms. The zero-order valence-electron chi connectivity index (χ0n) is 10.5. The SMILES string of the molecule is Cc1cc(Br)ccc1NC(=O)c1cc(F)c(N)c(F)c1. The lowest BCUT2D eigenvalue weighted by atomic mass is 10.1. The summed E-state index contributed by atoms with van der Waals surface area (Å²) in [6.45, 7) is 1.81. The number of benzene rings is 2. The number of aryl methyl sites for hydroxylation is 1. The Morgan fingerprint density at radius 2 is 1.80 bits per heavy atom. The Labute approximate surface area is 122 Å². The minimum Gasteiger partial charge on any atom is -0.394 e. The molecule has 0 fully saturated rings. The molecule has 0 heterocycles. The molecule has 2 aromatic carbocycles. The van der Waals surface area contributed by atoms with E-state index in [9.17, 15) is 13.6 Å². The number of hydrogen-bond donors (Lipinski definition) is 2. The average Bonchev–Trinajstić information content (AvgIpc) is 2.38. The lowest BCUT2D eigenvalue weighted by Crippen LogP contribution is -2.14. The van der Waals surface area contributed by atoms with Crippen molar-refractivity contribution in [1.82, 2.24) is 0 Å². The van der Waals surface area contributed by atoms with Gasteiger partial charge in [-0.2, -0.15) is 0 Å². The van der Waals surface area contributed by atoms with Crippen molar-refractivity contribution in [3.63, 3.8) is 0 Å². The number of carbonyl (C=O) groups is 1. The minimum absolute atomic E-state index is 0.128. The lowest BCUT2D eigenvalue weighted by molar-refractivity contribution is 0.102. The highest BCUT2D eigenvalue weighted by molar-refractivity contribution is 9.10. The summed E-state index contributed by atoms with van der Waals surface area (Å²) >= 11 is 3.31. The summed E-state index contributed by atoms with van der Waals surface area (Å²) in [6.07, 6.45) is 0. The van der Waals surface area contributed by atoms with Crippen LogP contribution < -0.4 is 11.1 Å². The average molecular weight is 341 g/mol. The number of nitrogens with two attached hydrogens (primary N) is 1. The van der Waals surface area contributed by atoms with Gasteiger partial charge in [-0.25, -0.2) is 8.78 Å². The number of anilines is 2. The first-order valence-corrected chi connectivity index (χ1v) is 6.50. The number of halogens is 3. The van der Waals surface area contributed by atoms with Crippen LogP contribution in [-0.4, -0.2) is 5.91 Å². The van der Waals surface area contributed by atoms with Crippen molar-refractivity contribution in [3.8, 4) is 0 Å². The molecule has 0 saturated carbocycles. The van der Waals surface area contributed by atoms with E-state index in [0.29, 0.717) is 5.69 Å². The second-order valence-corrected chi connectivity index (χ2v) is 5.18. The van der Waals surface area contributed by atoms with Crippen molar-refractivity contribution >= 4 is 33.2 Å². The summed E-state index contributed by atoms with van der Waals surface area (Å²) in [7, 11) is 0. The van der Waals surface area contributed by atoms with Crippen LogP contribution in [0.5, 0.6) is 0 Å². The van der Waals surface area contributed by atoms with Crippen molar-refractivity contribution in [2.45, 2.75) is 6.92 Å². The molecule has 0 radical (unpaired) electrons. The van der Waals surface area contributed by atoms with E-state index in [0.717, 1.165) is 22.2 Å². The molecule has 0 aliphatic rings. The lowest BCUT2D eigenvalue weighted by Gasteiger charge is -2.09. The van der Waals surface area contributed by atoms with E-state index in [4.69, 9.17) is 5.73 Å². The van der Waals surface area contributed by atoms with E-state index >= 15 is 0 Å². The van der Waals surface area contributed by atoms with Gasteiger partial charge in [0.05, 0.1) is 0 Å². The molecule has 2 aromatic rings. The summed E-state index contributed by atoms with van der Waals surface area (Å²) in [5.41, 5.74) is 5.82. The quantitative estimate of drug-likeness (QED) is 0.815. The van der Waals surface area contributed by atoms with Crippen LogP contribution in [0.3, 0.4) is 0 Å². The highest BCUT2D eigenvalue weighted by Crippen LogP contribution is 2.22. The summed E-state index contributed by atoms with van der Waals surface area (Å²) in [5, 5.41) is 2.59. The number of nitrogens with one attached hydrogen (secondary N) is 1. The maximum absolute atomic E-state index is 13.3. The number of nitrogen functional groups attached to an aromatic ring is 1. The number of carbonyl (C=O) groups excluding carboxylic acids is 1. The fourth-order valence-corrected chi connectivity index (χ4v) is 2.15. The zero-order chi connectivity index (χ0) is 14.9. The van der Waals surface area contributed by atoms with Crippen LogP contribution in [0.4, 0.5) is 20.2 Å². The van der Waals surface area contributed by atoms with Gasteiger partial charge >= 0.3 is 0 Å². The minimum atomic E-state index is -0.956. The summed E-state index contributed by atoms with van der Waals surface area (Å²) < 4.78 is 27.5. The van der Waals surface area contributed by atoms with Crippen molar-refractivity contribution in [3.05, 3.63) is 57.6 Å². The highest BCUT2D eigenvalue weighted by atomic mass is 79.9. The van der Waals surface area contributed by atoms with Crippen LogP contribution in [0.25, 0.3) is 0 Å². The predicted molar refractivity (Wildman–Crippen MR) is 77.6 cm³/mol. The Hall–Kier alpha value is -1.95. The fourth-order valence-electron chi connectivity index (χ4n) is 1.68. The third kappa shape index (κ3) is 2.96. The van der Waals surface area contributed by atoms with Gasteiger partial charge in [-0.1, -0.05) is 15.9 Å². The van der Waals surface area contributed by atoms with Gasteiger partial charge in [-0.05, 0) is 42.8 Å². The van der Waals surface area contributed by atoms with E-state index in [1.54, 1.807) is 12.1 Å². The molecule has 0 saturated heterocycles. The van der Waals surface area contributed by atoms with Gasteiger partial charge in [0.15, 0.2) is 0 Å². The summed E-state index contributed by atoms with van der Waals surface area (Å²) in [6, 6.07) is 7.08. The van der Waals surface area contributed by atoms with Crippen LogP contribution >= 0.6 is 15.9 Å². The molecule has 2 rings (SSSR count). The molecule has 0 bridgehead atoms. The monoisotopic (exact) mass is 340 g/mol. The van der Waals surface area contributed by atoms with Gasteiger partial charge < -0.3 is 11.1 Å². The van der Waals surface area contributed by atoms with Crippen LogP contribution in [0.1, 0.15) is 15.9 Å². The van der Waals surface area contributed by atoms with Crippen molar-refractivity contribution in [2.24, 2.45) is 0 Å². The smallest absolute Gasteiger partial charge is 0.255 e. The predicted octanol–water partition coefficient (Wildman–Crippen LogP) is 3.87. The Bertz CT molecular complexity index is 666. The number of amides is 1. The third-order valence-electron chi connectivity index (χ3n) is 2.78. The summed E-state index contributed by atoms with van der Waals surface area (Å²) in [5.74, 6) is -2.52. The number of hydrogen-bond acceptors (Lipinski definition) is 2. The second kappa shape index (κ2) is 5.58. The largest absolute Gasteiger partial charge is 0.394 e.